The molecule has 1 atom stereocenters. The van der Waals surface area contributed by atoms with Gasteiger partial charge in [-0.1, -0.05) is 56.1 Å². The minimum atomic E-state index is 0.268. The van der Waals surface area contributed by atoms with Gasteiger partial charge < -0.3 is 5.32 Å². The molecule has 1 unspecified atom stereocenters. The molecule has 0 aliphatic carbocycles. The van der Waals surface area contributed by atoms with Crippen molar-refractivity contribution in [1.82, 2.24) is 5.32 Å². The second-order valence-corrected chi connectivity index (χ2v) is 6.54. The van der Waals surface area contributed by atoms with Crippen LogP contribution in [0.25, 0.3) is 0 Å². The zero-order valence-corrected chi connectivity index (χ0v) is 13.5. The van der Waals surface area contributed by atoms with E-state index in [4.69, 9.17) is 23.2 Å². The van der Waals surface area contributed by atoms with Gasteiger partial charge in [0.2, 0.25) is 0 Å². The fourth-order valence-corrected chi connectivity index (χ4v) is 3.30. The van der Waals surface area contributed by atoms with Crippen molar-refractivity contribution in [2.45, 2.75) is 26.8 Å². The zero-order chi connectivity index (χ0) is 13.5. The fourth-order valence-electron chi connectivity index (χ4n) is 1.72. The summed E-state index contributed by atoms with van der Waals surface area (Å²) in [5.41, 5.74) is 1.10. The number of benzene rings is 1. The van der Waals surface area contributed by atoms with Crippen LogP contribution in [0, 0.1) is 5.92 Å². The van der Waals surface area contributed by atoms with Crippen molar-refractivity contribution >= 4 is 35.0 Å². The molecule has 0 aromatic heterocycles. The van der Waals surface area contributed by atoms with Crippen LogP contribution in [-0.4, -0.2) is 18.1 Å². The predicted molar refractivity (Wildman–Crippen MR) is 85.0 cm³/mol. The van der Waals surface area contributed by atoms with E-state index in [0.717, 1.165) is 17.9 Å². The Balaban J connectivity index is 2.74. The molecule has 0 heterocycles. The Bertz CT molecular complexity index is 369. The van der Waals surface area contributed by atoms with Crippen LogP contribution in [0.15, 0.2) is 18.2 Å². The molecule has 102 valence electrons. The molecule has 0 amide bonds. The summed E-state index contributed by atoms with van der Waals surface area (Å²) in [6, 6.07) is 6.11. The second kappa shape index (κ2) is 8.31. The summed E-state index contributed by atoms with van der Waals surface area (Å²) in [5.74, 6) is 2.90. The first-order valence-electron chi connectivity index (χ1n) is 6.31. The van der Waals surface area contributed by atoms with Crippen LogP contribution in [0.3, 0.4) is 0 Å². The van der Waals surface area contributed by atoms with Crippen LogP contribution < -0.4 is 5.32 Å². The zero-order valence-electron chi connectivity index (χ0n) is 11.2. The summed E-state index contributed by atoms with van der Waals surface area (Å²) in [6.07, 6.45) is 0. The minimum Gasteiger partial charge on any atom is -0.309 e. The third kappa shape index (κ3) is 5.00. The summed E-state index contributed by atoms with van der Waals surface area (Å²) in [6.45, 7) is 7.51. The summed E-state index contributed by atoms with van der Waals surface area (Å²) in [4.78, 5) is 0. The van der Waals surface area contributed by atoms with E-state index in [2.05, 4.69) is 32.2 Å². The lowest BCUT2D eigenvalue weighted by atomic mass is 10.1. The topological polar surface area (TPSA) is 12.0 Å². The monoisotopic (exact) mass is 305 g/mol. The maximum absolute atomic E-state index is 6.28. The number of hydrogen-bond donors (Lipinski definition) is 1. The minimum absolute atomic E-state index is 0.268. The first-order chi connectivity index (χ1) is 8.56. The van der Waals surface area contributed by atoms with E-state index < -0.39 is 0 Å². The van der Waals surface area contributed by atoms with Gasteiger partial charge in [-0.25, -0.2) is 0 Å². The average molecular weight is 306 g/mol. The lowest BCUT2D eigenvalue weighted by molar-refractivity contribution is 0.605. The molecule has 0 saturated carbocycles. The second-order valence-electron chi connectivity index (χ2n) is 4.68. The largest absolute Gasteiger partial charge is 0.309 e. The van der Waals surface area contributed by atoms with Crippen LogP contribution in [-0.2, 0) is 0 Å². The van der Waals surface area contributed by atoms with Gasteiger partial charge in [-0.2, -0.15) is 11.8 Å². The first-order valence-corrected chi connectivity index (χ1v) is 8.22. The maximum atomic E-state index is 6.28. The molecule has 0 fully saturated rings. The third-order valence-electron chi connectivity index (χ3n) is 2.54. The molecule has 1 nitrogen and oxygen atoms in total. The van der Waals surface area contributed by atoms with Crippen LogP contribution in [0.4, 0.5) is 0 Å². The van der Waals surface area contributed by atoms with Crippen LogP contribution >= 0.6 is 35.0 Å². The van der Waals surface area contributed by atoms with Crippen molar-refractivity contribution in [3.05, 3.63) is 33.8 Å². The van der Waals surface area contributed by atoms with Crippen LogP contribution in [0.1, 0.15) is 32.4 Å². The molecule has 1 aromatic rings. The molecule has 0 radical (unpaired) electrons. The molecular weight excluding hydrogens is 285 g/mol. The number of nitrogens with one attached hydrogen (secondary N) is 1. The van der Waals surface area contributed by atoms with Gasteiger partial charge in [0.05, 0.1) is 10.0 Å². The molecule has 0 bridgehead atoms. The highest BCUT2D eigenvalue weighted by atomic mass is 35.5. The Kier molecular flexibility index (Phi) is 7.47. The smallest absolute Gasteiger partial charge is 0.0640 e. The van der Waals surface area contributed by atoms with Crippen molar-refractivity contribution in [2.75, 3.05) is 18.1 Å². The molecular formula is C14H21Cl2NS. The Morgan fingerprint density at radius 1 is 1.22 bits per heavy atom. The fraction of sp³-hybridized carbons (Fsp3) is 0.571. The van der Waals surface area contributed by atoms with Gasteiger partial charge >= 0.3 is 0 Å². The molecule has 0 saturated heterocycles. The summed E-state index contributed by atoms with van der Waals surface area (Å²) < 4.78 is 0. The highest BCUT2D eigenvalue weighted by Gasteiger charge is 2.15. The molecule has 0 aliphatic rings. The van der Waals surface area contributed by atoms with Gasteiger partial charge in [-0.15, -0.1) is 0 Å². The van der Waals surface area contributed by atoms with E-state index in [1.807, 2.05) is 23.9 Å². The molecule has 18 heavy (non-hydrogen) atoms. The van der Waals surface area contributed by atoms with E-state index in [1.165, 1.54) is 5.75 Å². The number of thioether (sulfide) groups is 1. The third-order valence-corrected chi connectivity index (χ3v) is 4.85. The molecule has 1 N–H and O–H groups in total. The standard InChI is InChI=1S/C14H21Cl2NS/c1-4-17-13(9-18-8-10(2)3)11-6-5-7-12(15)14(11)16/h5-7,10,13,17H,4,8-9H2,1-3H3. The Morgan fingerprint density at radius 3 is 2.56 bits per heavy atom. The molecule has 0 aliphatic heterocycles. The van der Waals surface area contributed by atoms with E-state index in [-0.39, 0.29) is 6.04 Å². The van der Waals surface area contributed by atoms with Crippen LogP contribution in [0.5, 0.6) is 0 Å². The highest BCUT2D eigenvalue weighted by Crippen LogP contribution is 2.31. The normalized spacial score (nSPS) is 13.0. The van der Waals surface area contributed by atoms with Crippen molar-refractivity contribution in [2.24, 2.45) is 5.92 Å². The SMILES string of the molecule is CCNC(CSCC(C)C)c1cccc(Cl)c1Cl. The van der Waals surface area contributed by atoms with Gasteiger partial charge in [-0.05, 0) is 29.8 Å². The molecule has 0 spiro atoms. The lowest BCUT2D eigenvalue weighted by Gasteiger charge is -2.20. The lowest BCUT2D eigenvalue weighted by Crippen LogP contribution is -2.23. The number of halogens is 2. The van der Waals surface area contributed by atoms with E-state index in [9.17, 15) is 0 Å². The maximum Gasteiger partial charge on any atom is 0.0640 e. The molecule has 4 heteroatoms. The van der Waals surface area contributed by atoms with Crippen molar-refractivity contribution in [3.63, 3.8) is 0 Å². The van der Waals surface area contributed by atoms with Gasteiger partial charge in [0.1, 0.15) is 0 Å². The van der Waals surface area contributed by atoms with Crippen molar-refractivity contribution in [1.29, 1.82) is 0 Å². The van der Waals surface area contributed by atoms with Crippen LogP contribution in [0.2, 0.25) is 10.0 Å². The summed E-state index contributed by atoms with van der Waals surface area (Å²) in [5, 5.41) is 4.78. The van der Waals surface area contributed by atoms with Crippen molar-refractivity contribution < 1.29 is 0 Å². The summed E-state index contributed by atoms with van der Waals surface area (Å²) >= 11 is 14.3. The average Bonchev–Trinajstić information content (AvgIpc) is 2.31. The predicted octanol–water partition coefficient (Wildman–Crippen LogP) is 5.03. The Morgan fingerprint density at radius 2 is 1.94 bits per heavy atom. The van der Waals surface area contributed by atoms with Gasteiger partial charge in [-0.3, -0.25) is 0 Å². The molecule has 1 aromatic carbocycles. The first kappa shape index (κ1) is 16.2. The van der Waals surface area contributed by atoms with Gasteiger partial charge in [0, 0.05) is 11.8 Å². The quantitative estimate of drug-likeness (QED) is 0.758. The highest BCUT2D eigenvalue weighted by molar-refractivity contribution is 7.99. The van der Waals surface area contributed by atoms with E-state index >= 15 is 0 Å². The Hall–Kier alpha value is 0.110. The van der Waals surface area contributed by atoms with Gasteiger partial charge in [0.15, 0.2) is 0 Å². The van der Waals surface area contributed by atoms with Crippen molar-refractivity contribution in [3.8, 4) is 0 Å². The van der Waals surface area contributed by atoms with E-state index in [0.29, 0.717) is 16.0 Å². The van der Waals surface area contributed by atoms with E-state index in [1.54, 1.807) is 0 Å². The summed E-state index contributed by atoms with van der Waals surface area (Å²) in [7, 11) is 0. The Labute approximate surface area is 125 Å². The number of rotatable bonds is 7. The van der Waals surface area contributed by atoms with Gasteiger partial charge in [0.25, 0.3) is 0 Å². The molecule has 1 rings (SSSR count). The number of hydrogen-bond acceptors (Lipinski definition) is 2.